The molecule has 0 saturated carbocycles. The Labute approximate surface area is 116 Å². The van der Waals surface area contributed by atoms with Gasteiger partial charge in [-0.1, -0.05) is 12.1 Å². The van der Waals surface area contributed by atoms with Gasteiger partial charge in [-0.15, -0.1) is 0 Å². The lowest BCUT2D eigenvalue weighted by Gasteiger charge is -2.36. The summed E-state index contributed by atoms with van der Waals surface area (Å²) in [5.74, 6) is -3.53. The van der Waals surface area contributed by atoms with Gasteiger partial charge in [0.2, 0.25) is 5.76 Å². The van der Waals surface area contributed by atoms with E-state index in [1.54, 1.807) is 0 Å². The minimum atomic E-state index is -2.68. The van der Waals surface area contributed by atoms with Crippen LogP contribution in [0.1, 0.15) is 48.0 Å². The molecule has 1 aromatic heterocycles. The van der Waals surface area contributed by atoms with Crippen molar-refractivity contribution in [3.63, 3.8) is 0 Å². The monoisotopic (exact) mass is 284 g/mol. The molecule has 4 nitrogen and oxygen atoms in total. The van der Waals surface area contributed by atoms with Crippen LogP contribution in [-0.4, -0.2) is 35.0 Å². The lowest BCUT2D eigenvalue weighted by Crippen LogP contribution is -2.48. The Bertz CT molecular complexity index is 527. The minimum Gasteiger partial charge on any atom is -0.350 e. The van der Waals surface area contributed by atoms with Gasteiger partial charge in [0, 0.05) is 31.0 Å². The summed E-state index contributed by atoms with van der Waals surface area (Å²) in [4.78, 5) is 13.9. The SMILES string of the molecule is C[C@H]1CN(C(=O)c2onc3c2CCCC3)CCC1(F)F. The van der Waals surface area contributed by atoms with E-state index < -0.39 is 11.8 Å². The number of nitrogens with zero attached hydrogens (tertiary/aromatic N) is 2. The number of aromatic nitrogens is 1. The fourth-order valence-electron chi connectivity index (χ4n) is 2.97. The van der Waals surface area contributed by atoms with Crippen LogP contribution >= 0.6 is 0 Å². The highest BCUT2D eigenvalue weighted by atomic mass is 19.3. The summed E-state index contributed by atoms with van der Waals surface area (Å²) in [5, 5.41) is 3.95. The first-order chi connectivity index (χ1) is 9.49. The van der Waals surface area contributed by atoms with Crippen LogP contribution < -0.4 is 0 Å². The first-order valence-corrected chi connectivity index (χ1v) is 7.13. The largest absolute Gasteiger partial charge is 0.350 e. The average Bonchev–Trinajstić information content (AvgIpc) is 2.85. The number of fused-ring (bicyclic) bond motifs is 1. The zero-order valence-corrected chi connectivity index (χ0v) is 11.5. The van der Waals surface area contributed by atoms with E-state index in [0.29, 0.717) is 0 Å². The van der Waals surface area contributed by atoms with E-state index in [0.717, 1.165) is 36.9 Å². The quantitative estimate of drug-likeness (QED) is 0.796. The van der Waals surface area contributed by atoms with Gasteiger partial charge in [0.1, 0.15) is 0 Å². The number of hydrogen-bond acceptors (Lipinski definition) is 3. The van der Waals surface area contributed by atoms with Crippen LogP contribution in [0.3, 0.4) is 0 Å². The zero-order valence-electron chi connectivity index (χ0n) is 11.5. The maximum absolute atomic E-state index is 13.5. The molecule has 20 heavy (non-hydrogen) atoms. The number of amides is 1. The van der Waals surface area contributed by atoms with Crippen molar-refractivity contribution in [2.75, 3.05) is 13.1 Å². The van der Waals surface area contributed by atoms with Crippen molar-refractivity contribution in [3.05, 3.63) is 17.0 Å². The molecule has 0 spiro atoms. The predicted octanol–water partition coefficient (Wildman–Crippen LogP) is 2.67. The molecule has 110 valence electrons. The standard InChI is InChI=1S/C14H18F2N2O2/c1-9-8-18(7-6-14(9,15)16)13(19)12-10-4-2-3-5-11(10)17-20-12/h9H,2-8H2,1H3/t9-/m0/s1. The Morgan fingerprint density at radius 3 is 2.90 bits per heavy atom. The number of rotatable bonds is 1. The van der Waals surface area contributed by atoms with Crippen LogP contribution in [0, 0.1) is 5.92 Å². The fourth-order valence-corrected chi connectivity index (χ4v) is 2.97. The molecular weight excluding hydrogens is 266 g/mol. The first kappa shape index (κ1) is 13.5. The Hall–Kier alpha value is -1.46. The molecule has 0 N–H and O–H groups in total. The zero-order chi connectivity index (χ0) is 14.3. The van der Waals surface area contributed by atoms with E-state index in [4.69, 9.17) is 4.52 Å². The summed E-state index contributed by atoms with van der Waals surface area (Å²) in [6.45, 7) is 1.63. The van der Waals surface area contributed by atoms with Crippen molar-refractivity contribution in [2.45, 2.75) is 45.0 Å². The number of carbonyl (C=O) groups is 1. The van der Waals surface area contributed by atoms with Gasteiger partial charge < -0.3 is 9.42 Å². The van der Waals surface area contributed by atoms with Crippen molar-refractivity contribution >= 4 is 5.91 Å². The number of likely N-dealkylation sites (tertiary alicyclic amines) is 1. The molecule has 2 heterocycles. The van der Waals surface area contributed by atoms with E-state index >= 15 is 0 Å². The van der Waals surface area contributed by atoms with Gasteiger partial charge in [0.25, 0.3) is 11.8 Å². The Kier molecular flexibility index (Phi) is 3.26. The van der Waals surface area contributed by atoms with Gasteiger partial charge in [0.15, 0.2) is 0 Å². The molecule has 0 aromatic carbocycles. The topological polar surface area (TPSA) is 46.3 Å². The third-order valence-electron chi connectivity index (χ3n) is 4.37. The Morgan fingerprint density at radius 1 is 1.40 bits per heavy atom. The second kappa shape index (κ2) is 4.82. The Morgan fingerprint density at radius 2 is 2.15 bits per heavy atom. The number of aryl methyl sites for hydroxylation is 1. The molecule has 1 aliphatic carbocycles. The van der Waals surface area contributed by atoms with Crippen molar-refractivity contribution in [1.82, 2.24) is 10.1 Å². The summed E-state index contributed by atoms with van der Waals surface area (Å²) < 4.78 is 32.1. The fraction of sp³-hybridized carbons (Fsp3) is 0.714. The van der Waals surface area contributed by atoms with Gasteiger partial charge in [0.05, 0.1) is 5.69 Å². The van der Waals surface area contributed by atoms with Gasteiger partial charge in [-0.05, 0) is 25.7 Å². The van der Waals surface area contributed by atoms with Crippen molar-refractivity contribution in [1.29, 1.82) is 0 Å². The van der Waals surface area contributed by atoms with Gasteiger partial charge in [-0.25, -0.2) is 8.78 Å². The van der Waals surface area contributed by atoms with Gasteiger partial charge in [-0.2, -0.15) is 0 Å². The second-order valence-electron chi connectivity index (χ2n) is 5.81. The van der Waals surface area contributed by atoms with Gasteiger partial charge in [-0.3, -0.25) is 4.79 Å². The van der Waals surface area contributed by atoms with Crippen LogP contribution in [0.15, 0.2) is 4.52 Å². The summed E-state index contributed by atoms with van der Waals surface area (Å²) in [6.07, 6.45) is 3.42. The number of alkyl halides is 2. The van der Waals surface area contributed by atoms with Crippen molar-refractivity contribution < 1.29 is 18.1 Å². The van der Waals surface area contributed by atoms with E-state index in [-0.39, 0.29) is 31.2 Å². The third-order valence-corrected chi connectivity index (χ3v) is 4.37. The number of carbonyl (C=O) groups excluding carboxylic acids is 1. The van der Waals surface area contributed by atoms with Crippen LogP contribution in [0.5, 0.6) is 0 Å². The van der Waals surface area contributed by atoms with Crippen LogP contribution in [0.2, 0.25) is 0 Å². The molecule has 2 aliphatic rings. The molecule has 0 radical (unpaired) electrons. The number of piperidine rings is 1. The average molecular weight is 284 g/mol. The Balaban J connectivity index is 1.78. The molecule has 1 saturated heterocycles. The molecule has 1 aliphatic heterocycles. The molecule has 0 bridgehead atoms. The van der Waals surface area contributed by atoms with E-state index in [1.807, 2.05) is 0 Å². The maximum atomic E-state index is 13.5. The van der Waals surface area contributed by atoms with Crippen molar-refractivity contribution in [2.24, 2.45) is 5.92 Å². The second-order valence-corrected chi connectivity index (χ2v) is 5.81. The third kappa shape index (κ3) is 2.21. The highest BCUT2D eigenvalue weighted by molar-refractivity contribution is 5.93. The summed E-state index contributed by atoms with van der Waals surface area (Å²) in [7, 11) is 0. The normalized spacial score (nSPS) is 25.4. The van der Waals surface area contributed by atoms with Crippen LogP contribution in [0.25, 0.3) is 0 Å². The molecule has 3 rings (SSSR count). The highest BCUT2D eigenvalue weighted by Gasteiger charge is 2.43. The number of hydrogen-bond donors (Lipinski definition) is 0. The highest BCUT2D eigenvalue weighted by Crippen LogP contribution is 2.34. The van der Waals surface area contributed by atoms with Gasteiger partial charge >= 0.3 is 0 Å². The first-order valence-electron chi connectivity index (χ1n) is 7.13. The molecular formula is C14H18F2N2O2. The molecule has 1 fully saturated rings. The predicted molar refractivity (Wildman–Crippen MR) is 67.8 cm³/mol. The lowest BCUT2D eigenvalue weighted by molar-refractivity contribution is -0.0924. The summed E-state index contributed by atoms with van der Waals surface area (Å²) >= 11 is 0. The summed E-state index contributed by atoms with van der Waals surface area (Å²) in [5.41, 5.74) is 1.74. The van der Waals surface area contributed by atoms with E-state index in [9.17, 15) is 13.6 Å². The number of halogens is 2. The molecule has 1 aromatic rings. The molecule has 0 unspecified atom stereocenters. The molecule has 1 atom stereocenters. The molecule has 6 heteroatoms. The van der Waals surface area contributed by atoms with Crippen LogP contribution in [-0.2, 0) is 12.8 Å². The minimum absolute atomic E-state index is 0.0707. The maximum Gasteiger partial charge on any atom is 0.292 e. The summed E-state index contributed by atoms with van der Waals surface area (Å²) in [6, 6.07) is 0. The smallest absolute Gasteiger partial charge is 0.292 e. The van der Waals surface area contributed by atoms with Crippen molar-refractivity contribution in [3.8, 4) is 0 Å². The van der Waals surface area contributed by atoms with E-state index in [2.05, 4.69) is 5.16 Å². The van der Waals surface area contributed by atoms with E-state index in [1.165, 1.54) is 11.8 Å². The lowest BCUT2D eigenvalue weighted by atomic mass is 9.93. The molecule has 1 amide bonds. The van der Waals surface area contributed by atoms with Crippen LogP contribution in [0.4, 0.5) is 8.78 Å².